The van der Waals surface area contributed by atoms with Gasteiger partial charge in [-0.25, -0.2) is 4.79 Å². The van der Waals surface area contributed by atoms with Crippen LogP contribution in [0.5, 0.6) is 0 Å². The molecule has 2 rings (SSSR count). The molecule has 1 N–H and O–H groups in total. The van der Waals surface area contributed by atoms with Crippen LogP contribution in [-0.2, 0) is 4.74 Å². The summed E-state index contributed by atoms with van der Waals surface area (Å²) in [5, 5.41) is 3.56. The van der Waals surface area contributed by atoms with E-state index in [-0.39, 0.29) is 12.1 Å². The molecule has 1 aromatic carbocycles. The molecule has 4 nitrogen and oxygen atoms in total. The summed E-state index contributed by atoms with van der Waals surface area (Å²) in [4.78, 5) is 14.2. The number of carbonyl (C=O) groups excluding carboxylic acids is 1. The second kappa shape index (κ2) is 6.94. The van der Waals surface area contributed by atoms with Crippen LogP contribution < -0.4 is 5.32 Å². The SMILES string of the molecule is CC(C)OC(=O)c1ccc(NC2CCN(C)C(C)C2)cc1. The number of piperidine rings is 1. The Morgan fingerprint density at radius 2 is 2.00 bits per heavy atom. The van der Waals surface area contributed by atoms with Crippen LogP contribution >= 0.6 is 0 Å². The number of benzene rings is 1. The summed E-state index contributed by atoms with van der Waals surface area (Å²) in [5.41, 5.74) is 1.67. The predicted octanol–water partition coefficient (Wildman–Crippen LogP) is 3.15. The first kappa shape index (κ1) is 15.8. The van der Waals surface area contributed by atoms with Gasteiger partial charge in [0.1, 0.15) is 0 Å². The molecule has 2 atom stereocenters. The Morgan fingerprint density at radius 1 is 1.33 bits per heavy atom. The van der Waals surface area contributed by atoms with E-state index in [1.807, 2.05) is 38.1 Å². The topological polar surface area (TPSA) is 41.6 Å². The highest BCUT2D eigenvalue weighted by Crippen LogP contribution is 2.20. The van der Waals surface area contributed by atoms with Crippen LogP contribution in [0.2, 0.25) is 0 Å². The van der Waals surface area contributed by atoms with Gasteiger partial charge in [0.25, 0.3) is 0 Å². The summed E-state index contributed by atoms with van der Waals surface area (Å²) in [6, 6.07) is 8.68. The molecular formula is C17H26N2O2. The van der Waals surface area contributed by atoms with Gasteiger partial charge in [-0.15, -0.1) is 0 Å². The molecular weight excluding hydrogens is 264 g/mol. The number of ether oxygens (including phenoxy) is 1. The van der Waals surface area contributed by atoms with Gasteiger partial charge in [0.15, 0.2) is 0 Å². The van der Waals surface area contributed by atoms with E-state index < -0.39 is 0 Å². The molecule has 0 amide bonds. The van der Waals surface area contributed by atoms with Crippen LogP contribution in [0, 0.1) is 0 Å². The van der Waals surface area contributed by atoms with Crippen molar-refractivity contribution in [2.45, 2.75) is 51.8 Å². The van der Waals surface area contributed by atoms with E-state index in [0.717, 1.165) is 25.1 Å². The summed E-state index contributed by atoms with van der Waals surface area (Å²) in [6.45, 7) is 7.10. The zero-order valence-corrected chi connectivity index (χ0v) is 13.4. The Balaban J connectivity index is 1.92. The molecule has 1 saturated heterocycles. The minimum atomic E-state index is -0.260. The lowest BCUT2D eigenvalue weighted by Gasteiger charge is -2.35. The molecule has 0 aliphatic carbocycles. The molecule has 4 heteroatoms. The first-order chi connectivity index (χ1) is 9.95. The fourth-order valence-electron chi connectivity index (χ4n) is 2.64. The van der Waals surface area contributed by atoms with Crippen LogP contribution in [-0.4, -0.2) is 42.6 Å². The van der Waals surface area contributed by atoms with E-state index in [9.17, 15) is 4.79 Å². The molecule has 0 saturated carbocycles. The van der Waals surface area contributed by atoms with Gasteiger partial charge in [-0.2, -0.15) is 0 Å². The van der Waals surface area contributed by atoms with Crippen LogP contribution in [0.25, 0.3) is 0 Å². The Hall–Kier alpha value is -1.55. The van der Waals surface area contributed by atoms with Gasteiger partial charge in [0, 0.05) is 24.3 Å². The summed E-state index contributed by atoms with van der Waals surface area (Å²) in [7, 11) is 2.18. The van der Waals surface area contributed by atoms with Crippen molar-refractivity contribution < 1.29 is 9.53 Å². The first-order valence-electron chi connectivity index (χ1n) is 7.73. The molecule has 21 heavy (non-hydrogen) atoms. The van der Waals surface area contributed by atoms with Crippen molar-refractivity contribution >= 4 is 11.7 Å². The van der Waals surface area contributed by atoms with E-state index >= 15 is 0 Å². The molecule has 1 aliphatic rings. The standard InChI is InChI=1S/C17H26N2O2/c1-12(2)21-17(20)14-5-7-15(8-6-14)18-16-9-10-19(4)13(3)11-16/h5-8,12-13,16,18H,9-11H2,1-4H3. The lowest BCUT2D eigenvalue weighted by atomic mass is 9.98. The number of nitrogens with one attached hydrogen (secondary N) is 1. The fraction of sp³-hybridized carbons (Fsp3) is 0.588. The third kappa shape index (κ3) is 4.46. The molecule has 116 valence electrons. The molecule has 2 unspecified atom stereocenters. The predicted molar refractivity (Wildman–Crippen MR) is 85.7 cm³/mol. The van der Waals surface area contributed by atoms with Gasteiger partial charge < -0.3 is 15.0 Å². The fourth-order valence-corrected chi connectivity index (χ4v) is 2.64. The van der Waals surface area contributed by atoms with Gasteiger partial charge in [0.05, 0.1) is 11.7 Å². The summed E-state index contributed by atoms with van der Waals surface area (Å²) < 4.78 is 5.19. The number of esters is 1. The number of likely N-dealkylation sites (tertiary alicyclic amines) is 1. The third-order valence-electron chi connectivity index (χ3n) is 4.04. The number of carbonyl (C=O) groups is 1. The normalized spacial score (nSPS) is 23.1. The number of rotatable bonds is 4. The highest BCUT2D eigenvalue weighted by molar-refractivity contribution is 5.89. The number of hydrogen-bond acceptors (Lipinski definition) is 4. The van der Waals surface area contributed by atoms with Crippen molar-refractivity contribution in [1.29, 1.82) is 0 Å². The lowest BCUT2D eigenvalue weighted by molar-refractivity contribution is 0.0378. The van der Waals surface area contributed by atoms with Crippen molar-refractivity contribution in [3.05, 3.63) is 29.8 Å². The molecule has 0 radical (unpaired) electrons. The zero-order valence-electron chi connectivity index (χ0n) is 13.4. The highest BCUT2D eigenvalue weighted by atomic mass is 16.5. The number of anilines is 1. The van der Waals surface area contributed by atoms with Crippen molar-refractivity contribution in [2.75, 3.05) is 18.9 Å². The maximum atomic E-state index is 11.8. The van der Waals surface area contributed by atoms with Crippen molar-refractivity contribution in [2.24, 2.45) is 0 Å². The average Bonchev–Trinajstić information content (AvgIpc) is 2.43. The summed E-state index contributed by atoms with van der Waals surface area (Å²) >= 11 is 0. The highest BCUT2D eigenvalue weighted by Gasteiger charge is 2.22. The third-order valence-corrected chi connectivity index (χ3v) is 4.04. The van der Waals surface area contributed by atoms with Crippen molar-refractivity contribution in [1.82, 2.24) is 4.90 Å². The smallest absolute Gasteiger partial charge is 0.338 e. The Bertz CT molecular complexity index is 470. The quantitative estimate of drug-likeness (QED) is 0.865. The lowest BCUT2D eigenvalue weighted by Crippen LogP contribution is -2.42. The first-order valence-corrected chi connectivity index (χ1v) is 7.73. The molecule has 1 aliphatic heterocycles. The van der Waals surface area contributed by atoms with Crippen LogP contribution in [0.4, 0.5) is 5.69 Å². The van der Waals surface area contributed by atoms with Gasteiger partial charge in [0.2, 0.25) is 0 Å². The minimum absolute atomic E-state index is 0.0870. The Morgan fingerprint density at radius 3 is 2.57 bits per heavy atom. The zero-order chi connectivity index (χ0) is 15.4. The van der Waals surface area contributed by atoms with E-state index in [0.29, 0.717) is 17.6 Å². The largest absolute Gasteiger partial charge is 0.459 e. The maximum Gasteiger partial charge on any atom is 0.338 e. The average molecular weight is 290 g/mol. The Labute approximate surface area is 127 Å². The Kier molecular flexibility index (Phi) is 5.23. The van der Waals surface area contributed by atoms with Gasteiger partial charge in [-0.05, 0) is 64.9 Å². The van der Waals surface area contributed by atoms with Crippen LogP contribution in [0.1, 0.15) is 44.0 Å². The van der Waals surface area contributed by atoms with E-state index in [1.54, 1.807) is 0 Å². The summed E-state index contributed by atoms with van der Waals surface area (Å²) in [6.07, 6.45) is 2.21. The minimum Gasteiger partial charge on any atom is -0.459 e. The summed E-state index contributed by atoms with van der Waals surface area (Å²) in [5.74, 6) is -0.260. The van der Waals surface area contributed by atoms with Crippen LogP contribution in [0.15, 0.2) is 24.3 Å². The van der Waals surface area contributed by atoms with Crippen molar-refractivity contribution in [3.8, 4) is 0 Å². The molecule has 0 bridgehead atoms. The van der Waals surface area contributed by atoms with E-state index in [4.69, 9.17) is 4.74 Å². The molecule has 1 fully saturated rings. The maximum absolute atomic E-state index is 11.8. The van der Waals surface area contributed by atoms with E-state index in [2.05, 4.69) is 24.2 Å². The molecule has 1 aromatic rings. The number of nitrogens with zero attached hydrogens (tertiary/aromatic N) is 1. The number of hydrogen-bond donors (Lipinski definition) is 1. The second-order valence-corrected chi connectivity index (χ2v) is 6.23. The molecule has 1 heterocycles. The van der Waals surface area contributed by atoms with E-state index in [1.165, 1.54) is 0 Å². The van der Waals surface area contributed by atoms with Crippen molar-refractivity contribution in [3.63, 3.8) is 0 Å². The second-order valence-electron chi connectivity index (χ2n) is 6.23. The van der Waals surface area contributed by atoms with Gasteiger partial charge in [-0.3, -0.25) is 0 Å². The molecule has 0 spiro atoms. The monoisotopic (exact) mass is 290 g/mol. The van der Waals surface area contributed by atoms with Gasteiger partial charge >= 0.3 is 5.97 Å². The molecule has 0 aromatic heterocycles. The van der Waals surface area contributed by atoms with Gasteiger partial charge in [-0.1, -0.05) is 0 Å². The van der Waals surface area contributed by atoms with Crippen LogP contribution in [0.3, 0.4) is 0 Å².